The van der Waals surface area contributed by atoms with Crippen molar-refractivity contribution in [2.24, 2.45) is 0 Å². The van der Waals surface area contributed by atoms with Crippen molar-refractivity contribution in [1.29, 1.82) is 0 Å². The van der Waals surface area contributed by atoms with Crippen LogP contribution >= 0.6 is 11.6 Å². The highest BCUT2D eigenvalue weighted by atomic mass is 35.5. The van der Waals surface area contributed by atoms with Gasteiger partial charge >= 0.3 is 0 Å². The first kappa shape index (κ1) is 9.52. The molecule has 5 heteroatoms. The van der Waals surface area contributed by atoms with Crippen molar-refractivity contribution in [2.75, 3.05) is 11.2 Å². The van der Waals surface area contributed by atoms with Crippen molar-refractivity contribution >= 4 is 23.3 Å². The maximum absolute atomic E-state index is 11.0. The monoisotopic (exact) mass is 213 g/mol. The Morgan fingerprint density at radius 3 is 3.21 bits per heavy atom. The smallest absolute Gasteiger partial charge is 0.240 e. The van der Waals surface area contributed by atoms with Crippen LogP contribution in [0.4, 0.5) is 5.82 Å². The van der Waals surface area contributed by atoms with Crippen molar-refractivity contribution in [1.82, 2.24) is 9.78 Å². The third-order valence-electron chi connectivity index (χ3n) is 2.31. The molecule has 0 bridgehead atoms. The average molecular weight is 214 g/mol. The molecule has 14 heavy (non-hydrogen) atoms. The number of halogens is 1. The number of aryl methyl sites for hydroxylation is 2. The van der Waals surface area contributed by atoms with Crippen LogP contribution in [0.5, 0.6) is 0 Å². The lowest BCUT2D eigenvalue weighted by Gasteiger charge is -2.11. The molecule has 0 aliphatic carbocycles. The molecule has 1 aliphatic rings. The highest BCUT2D eigenvalue weighted by molar-refractivity contribution is 6.28. The Morgan fingerprint density at radius 2 is 2.50 bits per heavy atom. The fourth-order valence-corrected chi connectivity index (χ4v) is 1.72. The van der Waals surface area contributed by atoms with Crippen molar-refractivity contribution in [3.8, 4) is 0 Å². The van der Waals surface area contributed by atoms with Crippen molar-refractivity contribution in [2.45, 2.75) is 25.8 Å². The molecule has 0 aromatic carbocycles. The molecular weight excluding hydrogens is 202 g/mol. The summed E-state index contributed by atoms with van der Waals surface area (Å²) in [4.78, 5) is 11.0. The van der Waals surface area contributed by atoms with Crippen LogP contribution in [-0.4, -0.2) is 21.6 Å². The van der Waals surface area contributed by atoms with E-state index in [0.29, 0.717) is 5.82 Å². The fourth-order valence-electron chi connectivity index (χ4n) is 1.66. The Morgan fingerprint density at radius 1 is 1.64 bits per heavy atom. The number of rotatable bonds is 2. The second-order valence-electron chi connectivity index (χ2n) is 3.38. The number of carbonyl (C=O) groups is 1. The highest BCUT2D eigenvalue weighted by Gasteiger charge is 2.12. The number of aromatic nitrogens is 2. The molecule has 0 spiro atoms. The van der Waals surface area contributed by atoms with Crippen LogP contribution in [0.25, 0.3) is 0 Å². The van der Waals surface area contributed by atoms with Crippen LogP contribution < -0.4 is 5.32 Å². The Balaban J connectivity index is 2.12. The average Bonchev–Trinajstić information content (AvgIpc) is 2.59. The number of fused-ring (bicyclic) bond motifs is 1. The predicted molar refractivity (Wildman–Crippen MR) is 54.5 cm³/mol. The van der Waals surface area contributed by atoms with Gasteiger partial charge in [-0.3, -0.25) is 9.48 Å². The van der Waals surface area contributed by atoms with E-state index in [0.717, 1.165) is 19.4 Å². The van der Waals surface area contributed by atoms with Crippen molar-refractivity contribution in [3.63, 3.8) is 0 Å². The zero-order chi connectivity index (χ0) is 9.97. The van der Waals surface area contributed by atoms with E-state index in [2.05, 4.69) is 10.4 Å². The van der Waals surface area contributed by atoms with Crippen molar-refractivity contribution in [3.05, 3.63) is 11.8 Å². The minimum Gasteiger partial charge on any atom is -0.308 e. The van der Waals surface area contributed by atoms with Crippen LogP contribution in [0.2, 0.25) is 0 Å². The number of nitrogens with zero attached hydrogens (tertiary/aromatic N) is 2. The van der Waals surface area contributed by atoms with Gasteiger partial charge in [0.2, 0.25) is 5.91 Å². The molecule has 0 saturated heterocycles. The summed E-state index contributed by atoms with van der Waals surface area (Å²) in [6.45, 7) is 0.950. The van der Waals surface area contributed by atoms with Gasteiger partial charge in [-0.1, -0.05) is 0 Å². The van der Waals surface area contributed by atoms with Gasteiger partial charge in [0.25, 0.3) is 0 Å². The van der Waals surface area contributed by atoms with Gasteiger partial charge in [-0.05, 0) is 19.3 Å². The second-order valence-corrected chi connectivity index (χ2v) is 3.65. The van der Waals surface area contributed by atoms with Gasteiger partial charge in [0, 0.05) is 18.3 Å². The first-order valence-corrected chi connectivity index (χ1v) is 5.25. The maximum Gasteiger partial charge on any atom is 0.240 e. The van der Waals surface area contributed by atoms with Crippen LogP contribution in [0.15, 0.2) is 6.07 Å². The molecule has 0 saturated carbocycles. The molecule has 0 fully saturated rings. The second kappa shape index (κ2) is 4.00. The normalized spacial score (nSPS) is 14.9. The number of hydrogen-bond acceptors (Lipinski definition) is 2. The predicted octanol–water partition coefficient (Wildman–Crippen LogP) is 1.40. The first-order chi connectivity index (χ1) is 6.79. The molecule has 2 rings (SSSR count). The van der Waals surface area contributed by atoms with Crippen LogP contribution in [0.1, 0.15) is 18.5 Å². The largest absolute Gasteiger partial charge is 0.308 e. The van der Waals surface area contributed by atoms with Gasteiger partial charge in [-0.15, -0.1) is 11.6 Å². The molecule has 1 aliphatic heterocycles. The van der Waals surface area contributed by atoms with Gasteiger partial charge in [-0.25, -0.2) is 0 Å². The third-order valence-corrected chi connectivity index (χ3v) is 2.55. The topological polar surface area (TPSA) is 46.9 Å². The van der Waals surface area contributed by atoms with E-state index in [1.54, 1.807) is 0 Å². The molecular formula is C9H12ClN3O. The zero-order valence-corrected chi connectivity index (χ0v) is 8.55. The third kappa shape index (κ3) is 1.90. The van der Waals surface area contributed by atoms with E-state index in [4.69, 9.17) is 11.6 Å². The Labute approximate surface area is 87.2 Å². The Kier molecular flexibility index (Phi) is 2.72. The summed E-state index contributed by atoms with van der Waals surface area (Å²) >= 11 is 5.38. The molecule has 1 N–H and O–H groups in total. The lowest BCUT2D eigenvalue weighted by molar-refractivity contribution is -0.113. The number of carbonyl (C=O) groups excluding carboxylic acids is 1. The minimum absolute atomic E-state index is 0.0256. The number of nitrogens with one attached hydrogen (secondary N) is 1. The maximum atomic E-state index is 11.0. The number of anilines is 1. The fraction of sp³-hybridized carbons (Fsp3) is 0.556. The standard InChI is InChI=1S/C9H12ClN3O/c10-6-9(14)11-8-5-7-3-1-2-4-13(7)12-8/h5H,1-4,6H2,(H,11,12,14). The zero-order valence-electron chi connectivity index (χ0n) is 7.79. The molecule has 0 radical (unpaired) electrons. The van der Waals surface area contributed by atoms with Gasteiger partial charge in [0.05, 0.1) is 0 Å². The number of amides is 1. The van der Waals surface area contributed by atoms with E-state index >= 15 is 0 Å². The van der Waals surface area contributed by atoms with E-state index in [-0.39, 0.29) is 11.8 Å². The lowest BCUT2D eigenvalue weighted by atomic mass is 10.1. The molecule has 1 amide bonds. The van der Waals surface area contributed by atoms with Gasteiger partial charge < -0.3 is 5.32 Å². The molecule has 4 nitrogen and oxygen atoms in total. The molecule has 0 atom stereocenters. The summed E-state index contributed by atoms with van der Waals surface area (Å²) < 4.78 is 1.95. The molecule has 76 valence electrons. The van der Waals surface area contributed by atoms with E-state index < -0.39 is 0 Å². The quantitative estimate of drug-likeness (QED) is 0.755. The Hall–Kier alpha value is -1.03. The summed E-state index contributed by atoms with van der Waals surface area (Å²) in [7, 11) is 0. The molecule has 1 aromatic rings. The summed E-state index contributed by atoms with van der Waals surface area (Å²) in [5.74, 6) is 0.386. The van der Waals surface area contributed by atoms with Crippen LogP contribution in [0.3, 0.4) is 0 Å². The number of hydrogen-bond donors (Lipinski definition) is 1. The lowest BCUT2D eigenvalue weighted by Crippen LogP contribution is -2.14. The minimum atomic E-state index is -0.206. The van der Waals surface area contributed by atoms with Gasteiger partial charge in [0.1, 0.15) is 5.88 Å². The van der Waals surface area contributed by atoms with E-state index in [9.17, 15) is 4.79 Å². The van der Waals surface area contributed by atoms with E-state index in [1.165, 1.54) is 12.1 Å². The van der Waals surface area contributed by atoms with Crippen molar-refractivity contribution < 1.29 is 4.79 Å². The highest BCUT2D eigenvalue weighted by Crippen LogP contribution is 2.17. The van der Waals surface area contributed by atoms with Gasteiger partial charge in [0.15, 0.2) is 5.82 Å². The van der Waals surface area contributed by atoms with Gasteiger partial charge in [-0.2, -0.15) is 5.10 Å². The van der Waals surface area contributed by atoms with Crippen LogP contribution in [-0.2, 0) is 17.8 Å². The molecule has 0 unspecified atom stereocenters. The molecule has 1 aromatic heterocycles. The molecule has 2 heterocycles. The summed E-state index contributed by atoms with van der Waals surface area (Å²) in [5, 5.41) is 6.91. The Bertz CT molecular complexity index is 324. The summed E-state index contributed by atoms with van der Waals surface area (Å²) in [5.41, 5.74) is 1.20. The van der Waals surface area contributed by atoms with Crippen LogP contribution in [0, 0.1) is 0 Å². The number of alkyl halides is 1. The summed E-state index contributed by atoms with van der Waals surface area (Å²) in [6.07, 6.45) is 3.41. The first-order valence-electron chi connectivity index (χ1n) is 4.72. The SMILES string of the molecule is O=C(CCl)Nc1cc2n(n1)CCCC2. The summed E-state index contributed by atoms with van der Waals surface area (Å²) in [6, 6.07) is 1.92. The van der Waals surface area contributed by atoms with E-state index in [1.807, 2.05) is 10.7 Å².